The molecule has 3 heterocycles. The number of hydrogen-bond donors (Lipinski definition) is 3. The van der Waals surface area contributed by atoms with Gasteiger partial charge in [-0.3, -0.25) is 0 Å². The lowest BCUT2D eigenvalue weighted by Crippen LogP contribution is -2.24. The molecule has 1 saturated heterocycles. The third-order valence-corrected chi connectivity index (χ3v) is 4.38. The summed E-state index contributed by atoms with van der Waals surface area (Å²) in [5.41, 5.74) is 6.19. The van der Waals surface area contributed by atoms with Crippen molar-refractivity contribution in [3.8, 4) is 0 Å². The van der Waals surface area contributed by atoms with Crippen LogP contribution in [0.2, 0.25) is 5.15 Å². The van der Waals surface area contributed by atoms with Crippen molar-refractivity contribution in [3.63, 3.8) is 0 Å². The number of aliphatic hydroxyl groups is 2. The number of halogens is 2. The molecule has 108 valence electrons. The Kier molecular flexibility index (Phi) is 3.75. The third-order valence-electron chi connectivity index (χ3n) is 3.29. The Morgan fingerprint density at radius 2 is 2.30 bits per heavy atom. The minimum Gasteiger partial charge on any atom is -0.394 e. The molecule has 0 aliphatic carbocycles. The Hall–Kier alpha value is -0.680. The number of aliphatic hydroxyl groups excluding tert-OH is 2. The number of nitrogen functional groups attached to an aromatic ring is 1. The van der Waals surface area contributed by atoms with Crippen molar-refractivity contribution in [2.75, 3.05) is 12.3 Å². The van der Waals surface area contributed by atoms with Crippen LogP contribution >= 0.6 is 34.2 Å². The summed E-state index contributed by atoms with van der Waals surface area (Å²) in [6, 6.07) is 0. The smallest absolute Gasteiger partial charge is 0.223 e. The van der Waals surface area contributed by atoms with E-state index in [2.05, 4.69) is 32.6 Å². The maximum absolute atomic E-state index is 9.83. The zero-order chi connectivity index (χ0) is 14.4. The summed E-state index contributed by atoms with van der Waals surface area (Å²) in [5, 5.41) is 20.0. The van der Waals surface area contributed by atoms with Gasteiger partial charge >= 0.3 is 0 Å². The summed E-state index contributed by atoms with van der Waals surface area (Å²) in [5.74, 6) is 0.0792. The Morgan fingerprint density at radius 3 is 2.95 bits per heavy atom. The quantitative estimate of drug-likeness (QED) is 0.502. The lowest BCUT2D eigenvalue weighted by atomic mass is 10.2. The van der Waals surface area contributed by atoms with E-state index in [1.807, 2.05) is 6.20 Å². The van der Waals surface area contributed by atoms with Crippen LogP contribution in [0.1, 0.15) is 12.6 Å². The van der Waals surface area contributed by atoms with Crippen LogP contribution in [-0.4, -0.2) is 43.6 Å². The van der Waals surface area contributed by atoms with E-state index in [-0.39, 0.29) is 17.7 Å². The second kappa shape index (κ2) is 5.26. The molecule has 1 aliphatic rings. The zero-order valence-electron chi connectivity index (χ0n) is 10.2. The average Bonchev–Trinajstić information content (AvgIpc) is 2.90. The van der Waals surface area contributed by atoms with Crippen LogP contribution in [0.25, 0.3) is 11.0 Å². The summed E-state index contributed by atoms with van der Waals surface area (Å²) in [6.07, 6.45) is 0.465. The molecule has 0 amide bonds. The van der Waals surface area contributed by atoms with E-state index in [1.54, 1.807) is 4.57 Å². The maximum atomic E-state index is 9.83. The van der Waals surface area contributed by atoms with Crippen LogP contribution in [-0.2, 0) is 4.74 Å². The lowest BCUT2D eigenvalue weighted by Gasteiger charge is -2.14. The van der Waals surface area contributed by atoms with Crippen LogP contribution in [0.15, 0.2) is 6.20 Å². The number of hydrogen-bond acceptors (Lipinski definition) is 6. The first kappa shape index (κ1) is 14.3. The molecule has 4 N–H and O–H groups in total. The highest BCUT2D eigenvalue weighted by Crippen LogP contribution is 2.35. The predicted molar refractivity (Wildman–Crippen MR) is 81.3 cm³/mol. The predicted octanol–water partition coefficient (Wildman–Crippen LogP) is 0.912. The molecule has 0 aromatic carbocycles. The number of ether oxygens (including phenoxy) is 1. The number of nitrogens with zero attached hydrogens (tertiary/aromatic N) is 3. The molecule has 7 nitrogen and oxygen atoms in total. The first-order valence-electron chi connectivity index (χ1n) is 5.94. The van der Waals surface area contributed by atoms with Gasteiger partial charge in [0.25, 0.3) is 0 Å². The van der Waals surface area contributed by atoms with Crippen LogP contribution in [0, 0.1) is 3.57 Å². The van der Waals surface area contributed by atoms with Crippen LogP contribution < -0.4 is 5.73 Å². The molecule has 0 saturated carbocycles. The number of anilines is 1. The molecule has 3 unspecified atom stereocenters. The van der Waals surface area contributed by atoms with Gasteiger partial charge in [0, 0.05) is 16.2 Å². The van der Waals surface area contributed by atoms with Crippen molar-refractivity contribution in [2.45, 2.75) is 24.9 Å². The number of nitrogens with two attached hydrogens (primary N) is 1. The minimum atomic E-state index is -0.713. The largest absolute Gasteiger partial charge is 0.394 e. The van der Waals surface area contributed by atoms with Crippen molar-refractivity contribution in [3.05, 3.63) is 14.9 Å². The summed E-state index contributed by atoms with van der Waals surface area (Å²) < 4.78 is 8.26. The molecule has 2 aromatic heterocycles. The summed E-state index contributed by atoms with van der Waals surface area (Å²) in [6.45, 7) is -0.230. The molecule has 0 spiro atoms. The van der Waals surface area contributed by atoms with Crippen molar-refractivity contribution < 1.29 is 14.9 Å². The molecule has 0 radical (unpaired) electrons. The summed E-state index contributed by atoms with van der Waals surface area (Å²) in [4.78, 5) is 8.13. The van der Waals surface area contributed by atoms with Gasteiger partial charge in [0.2, 0.25) is 5.95 Å². The molecule has 3 atom stereocenters. The maximum Gasteiger partial charge on any atom is 0.223 e. The second-order valence-electron chi connectivity index (χ2n) is 4.57. The topological polar surface area (TPSA) is 106 Å². The van der Waals surface area contributed by atoms with Crippen LogP contribution in [0.4, 0.5) is 5.95 Å². The Labute approximate surface area is 132 Å². The fraction of sp³-hybridized carbons (Fsp3) is 0.455. The highest BCUT2D eigenvalue weighted by molar-refractivity contribution is 14.1. The Bertz CT molecular complexity index is 665. The normalized spacial score (nSPS) is 26.5. The zero-order valence-corrected chi connectivity index (χ0v) is 13.1. The van der Waals surface area contributed by atoms with Gasteiger partial charge in [0.15, 0.2) is 0 Å². The van der Waals surface area contributed by atoms with Gasteiger partial charge in [-0.15, -0.1) is 0 Å². The molecular weight excluding hydrogens is 399 g/mol. The second-order valence-corrected chi connectivity index (χ2v) is 6.09. The molecular formula is C11H12ClIN4O3. The van der Waals surface area contributed by atoms with E-state index in [0.29, 0.717) is 17.5 Å². The molecule has 1 fully saturated rings. The van der Waals surface area contributed by atoms with Gasteiger partial charge in [-0.25, -0.2) is 4.98 Å². The van der Waals surface area contributed by atoms with Gasteiger partial charge < -0.3 is 25.3 Å². The van der Waals surface area contributed by atoms with Gasteiger partial charge in [0.05, 0.1) is 18.1 Å². The molecule has 9 heteroatoms. The molecule has 3 rings (SSSR count). The average molecular weight is 411 g/mol. The Morgan fingerprint density at radius 1 is 1.55 bits per heavy atom. The van der Waals surface area contributed by atoms with Crippen molar-refractivity contribution in [1.29, 1.82) is 0 Å². The Balaban J connectivity index is 2.09. The number of aromatic nitrogens is 3. The van der Waals surface area contributed by atoms with E-state index in [9.17, 15) is 5.11 Å². The lowest BCUT2D eigenvalue weighted by molar-refractivity contribution is -0.0430. The monoisotopic (exact) mass is 410 g/mol. The van der Waals surface area contributed by atoms with Gasteiger partial charge in [-0.1, -0.05) is 11.6 Å². The van der Waals surface area contributed by atoms with Crippen molar-refractivity contribution in [1.82, 2.24) is 14.5 Å². The first-order valence-corrected chi connectivity index (χ1v) is 7.40. The van der Waals surface area contributed by atoms with E-state index in [1.165, 1.54) is 0 Å². The van der Waals surface area contributed by atoms with Gasteiger partial charge in [-0.2, -0.15) is 4.98 Å². The van der Waals surface area contributed by atoms with E-state index >= 15 is 0 Å². The molecule has 1 aliphatic heterocycles. The van der Waals surface area contributed by atoms with Crippen LogP contribution in [0.3, 0.4) is 0 Å². The highest BCUT2D eigenvalue weighted by atomic mass is 127. The summed E-state index contributed by atoms with van der Waals surface area (Å²) in [7, 11) is 0. The van der Waals surface area contributed by atoms with Crippen LogP contribution in [0.5, 0.6) is 0 Å². The van der Waals surface area contributed by atoms with E-state index in [4.69, 9.17) is 27.2 Å². The standard InChI is InChI=1S/C11H12ClIN4O3/c12-9-8-4(13)2-17(10(8)16-11(14)15-9)7-1-5(19)6(3-18)20-7/h2,5-7,18-19H,1,3H2,(H2,14,15,16). The first-order chi connectivity index (χ1) is 9.51. The molecule has 2 aromatic rings. The fourth-order valence-electron chi connectivity index (χ4n) is 2.35. The molecule has 20 heavy (non-hydrogen) atoms. The summed E-state index contributed by atoms with van der Waals surface area (Å²) >= 11 is 8.22. The molecule has 0 bridgehead atoms. The fourth-order valence-corrected chi connectivity index (χ4v) is 3.58. The van der Waals surface area contributed by atoms with Crippen molar-refractivity contribution in [2.24, 2.45) is 0 Å². The van der Waals surface area contributed by atoms with Gasteiger partial charge in [0.1, 0.15) is 23.1 Å². The third kappa shape index (κ3) is 2.25. The number of fused-ring (bicyclic) bond motifs is 1. The van der Waals surface area contributed by atoms with E-state index in [0.717, 1.165) is 3.57 Å². The van der Waals surface area contributed by atoms with Gasteiger partial charge in [-0.05, 0) is 22.6 Å². The van der Waals surface area contributed by atoms with E-state index < -0.39 is 18.4 Å². The SMILES string of the molecule is Nc1nc(Cl)c2c(I)cn(C3CC(O)C(CO)O3)c2n1. The minimum absolute atomic E-state index is 0.0792. The van der Waals surface area contributed by atoms with Crippen molar-refractivity contribution >= 4 is 51.2 Å². The highest BCUT2D eigenvalue weighted by Gasteiger charge is 2.35. The number of rotatable bonds is 2.